The maximum absolute atomic E-state index is 6.01. The molecule has 1 heterocycles. The van der Waals surface area contributed by atoms with E-state index in [1.807, 2.05) is 0 Å². The van der Waals surface area contributed by atoms with Crippen molar-refractivity contribution in [3.8, 4) is 0 Å². The Kier molecular flexibility index (Phi) is 4.41. The summed E-state index contributed by atoms with van der Waals surface area (Å²) in [6.45, 7) is 8.77. The van der Waals surface area contributed by atoms with Gasteiger partial charge in [0, 0.05) is 19.6 Å². The van der Waals surface area contributed by atoms with Gasteiger partial charge in [0.2, 0.25) is 0 Å². The standard InChI is InChI=1S/C16H26N2/c1-3-16(4-2,12-17)13-18-10-9-14-7-5-6-8-15(14)11-18/h5-8H,3-4,9-13,17H2,1-2H3. The van der Waals surface area contributed by atoms with Crippen LogP contribution >= 0.6 is 0 Å². The first kappa shape index (κ1) is 13.6. The van der Waals surface area contributed by atoms with Gasteiger partial charge in [0.15, 0.2) is 0 Å². The number of hydrogen-bond acceptors (Lipinski definition) is 2. The molecule has 2 N–H and O–H groups in total. The third-order valence-electron chi connectivity index (χ3n) is 4.70. The van der Waals surface area contributed by atoms with Crippen LogP contribution < -0.4 is 5.73 Å². The van der Waals surface area contributed by atoms with Crippen molar-refractivity contribution >= 4 is 0 Å². The monoisotopic (exact) mass is 246 g/mol. The summed E-state index contributed by atoms with van der Waals surface area (Å²) in [6.07, 6.45) is 3.54. The van der Waals surface area contributed by atoms with Crippen LogP contribution in [0.3, 0.4) is 0 Å². The van der Waals surface area contributed by atoms with Crippen molar-refractivity contribution in [2.75, 3.05) is 19.6 Å². The number of nitrogens with two attached hydrogens (primary N) is 1. The summed E-state index contributed by atoms with van der Waals surface area (Å²) in [6, 6.07) is 8.83. The van der Waals surface area contributed by atoms with Crippen LogP contribution in [-0.4, -0.2) is 24.5 Å². The van der Waals surface area contributed by atoms with Crippen LogP contribution in [0.5, 0.6) is 0 Å². The zero-order chi connectivity index (χ0) is 13.0. The molecule has 100 valence electrons. The molecular weight excluding hydrogens is 220 g/mol. The Morgan fingerprint density at radius 1 is 1.17 bits per heavy atom. The molecule has 18 heavy (non-hydrogen) atoms. The summed E-state index contributed by atoms with van der Waals surface area (Å²) in [7, 11) is 0. The van der Waals surface area contributed by atoms with Crippen molar-refractivity contribution in [2.24, 2.45) is 11.1 Å². The van der Waals surface area contributed by atoms with Gasteiger partial charge in [0.25, 0.3) is 0 Å². The van der Waals surface area contributed by atoms with Gasteiger partial charge >= 0.3 is 0 Å². The molecule has 0 saturated heterocycles. The molecule has 0 bridgehead atoms. The van der Waals surface area contributed by atoms with E-state index in [-0.39, 0.29) is 0 Å². The van der Waals surface area contributed by atoms with Crippen LogP contribution in [-0.2, 0) is 13.0 Å². The Balaban J connectivity index is 2.05. The predicted octanol–water partition coefficient (Wildman–Crippen LogP) is 2.81. The minimum absolute atomic E-state index is 0.312. The highest BCUT2D eigenvalue weighted by Crippen LogP contribution is 2.28. The molecule has 0 fully saturated rings. The minimum Gasteiger partial charge on any atom is -0.330 e. The van der Waals surface area contributed by atoms with Gasteiger partial charge in [-0.1, -0.05) is 38.1 Å². The summed E-state index contributed by atoms with van der Waals surface area (Å²) >= 11 is 0. The highest BCUT2D eigenvalue weighted by Gasteiger charge is 2.28. The van der Waals surface area contributed by atoms with Crippen molar-refractivity contribution in [1.29, 1.82) is 0 Å². The molecule has 0 aliphatic carbocycles. The van der Waals surface area contributed by atoms with Gasteiger partial charge in [0.1, 0.15) is 0 Å². The van der Waals surface area contributed by atoms with Crippen molar-refractivity contribution in [3.05, 3.63) is 35.4 Å². The molecular formula is C16H26N2. The molecule has 1 aliphatic rings. The van der Waals surface area contributed by atoms with E-state index in [4.69, 9.17) is 5.73 Å². The van der Waals surface area contributed by atoms with Gasteiger partial charge in [-0.3, -0.25) is 4.90 Å². The topological polar surface area (TPSA) is 29.3 Å². The van der Waals surface area contributed by atoms with Crippen LogP contribution in [0.15, 0.2) is 24.3 Å². The minimum atomic E-state index is 0.312. The SMILES string of the molecule is CCC(CC)(CN)CN1CCc2ccccc2C1. The second-order valence-electron chi connectivity index (χ2n) is 5.64. The molecule has 1 aromatic rings. The van der Waals surface area contributed by atoms with Crippen molar-refractivity contribution in [3.63, 3.8) is 0 Å². The summed E-state index contributed by atoms with van der Waals surface area (Å²) in [5.74, 6) is 0. The molecule has 0 aromatic heterocycles. The molecule has 2 rings (SSSR count). The Bertz CT molecular complexity index is 374. The van der Waals surface area contributed by atoms with E-state index in [1.54, 1.807) is 0 Å². The lowest BCUT2D eigenvalue weighted by atomic mass is 9.81. The van der Waals surface area contributed by atoms with Crippen LogP contribution in [0.4, 0.5) is 0 Å². The van der Waals surface area contributed by atoms with E-state index in [0.29, 0.717) is 5.41 Å². The normalized spacial score (nSPS) is 16.6. The maximum atomic E-state index is 6.01. The van der Waals surface area contributed by atoms with Gasteiger partial charge < -0.3 is 5.73 Å². The van der Waals surface area contributed by atoms with Gasteiger partial charge in [-0.25, -0.2) is 0 Å². The molecule has 2 heteroatoms. The second kappa shape index (κ2) is 5.85. The van der Waals surface area contributed by atoms with E-state index in [9.17, 15) is 0 Å². The number of fused-ring (bicyclic) bond motifs is 1. The third-order valence-corrected chi connectivity index (χ3v) is 4.70. The molecule has 0 amide bonds. The Hall–Kier alpha value is -0.860. The van der Waals surface area contributed by atoms with Gasteiger partial charge in [-0.2, -0.15) is 0 Å². The molecule has 2 nitrogen and oxygen atoms in total. The highest BCUT2D eigenvalue weighted by atomic mass is 15.1. The van der Waals surface area contributed by atoms with Crippen molar-refractivity contribution < 1.29 is 0 Å². The lowest BCUT2D eigenvalue weighted by molar-refractivity contribution is 0.133. The second-order valence-corrected chi connectivity index (χ2v) is 5.64. The van der Waals surface area contributed by atoms with E-state index >= 15 is 0 Å². The Morgan fingerprint density at radius 3 is 2.44 bits per heavy atom. The van der Waals surface area contributed by atoms with Crippen molar-refractivity contribution in [1.82, 2.24) is 4.90 Å². The molecule has 0 saturated carbocycles. The first-order valence-electron chi connectivity index (χ1n) is 7.22. The lowest BCUT2D eigenvalue weighted by Gasteiger charge is -2.38. The third kappa shape index (κ3) is 2.76. The molecule has 1 aromatic carbocycles. The summed E-state index contributed by atoms with van der Waals surface area (Å²) in [5.41, 5.74) is 9.36. The Morgan fingerprint density at radius 2 is 1.83 bits per heavy atom. The summed E-state index contributed by atoms with van der Waals surface area (Å²) in [4.78, 5) is 2.59. The van der Waals surface area contributed by atoms with Crippen LogP contribution in [0.2, 0.25) is 0 Å². The van der Waals surface area contributed by atoms with Gasteiger partial charge in [-0.15, -0.1) is 0 Å². The number of benzene rings is 1. The zero-order valence-electron chi connectivity index (χ0n) is 11.8. The predicted molar refractivity (Wildman–Crippen MR) is 77.5 cm³/mol. The van der Waals surface area contributed by atoms with Crippen molar-refractivity contribution in [2.45, 2.75) is 39.7 Å². The largest absolute Gasteiger partial charge is 0.330 e. The smallest absolute Gasteiger partial charge is 0.0236 e. The Labute approximate surface area is 111 Å². The maximum Gasteiger partial charge on any atom is 0.0236 e. The number of nitrogens with zero attached hydrogens (tertiary/aromatic N) is 1. The zero-order valence-corrected chi connectivity index (χ0v) is 11.8. The van der Waals surface area contributed by atoms with E-state index < -0.39 is 0 Å². The first-order valence-corrected chi connectivity index (χ1v) is 7.22. The van der Waals surface area contributed by atoms with Gasteiger partial charge in [-0.05, 0) is 42.3 Å². The number of hydrogen-bond donors (Lipinski definition) is 1. The first-order chi connectivity index (χ1) is 8.73. The van der Waals surface area contributed by atoms with Crippen LogP contribution in [0.1, 0.15) is 37.8 Å². The molecule has 0 unspecified atom stereocenters. The fourth-order valence-corrected chi connectivity index (χ4v) is 2.99. The molecule has 0 radical (unpaired) electrons. The van der Waals surface area contributed by atoms with Crippen LogP contribution in [0.25, 0.3) is 0 Å². The quantitative estimate of drug-likeness (QED) is 0.865. The van der Waals surface area contributed by atoms with Crippen LogP contribution in [0, 0.1) is 5.41 Å². The van der Waals surface area contributed by atoms with E-state index in [1.165, 1.54) is 36.9 Å². The lowest BCUT2D eigenvalue weighted by Crippen LogP contribution is -2.43. The van der Waals surface area contributed by atoms with Gasteiger partial charge in [0.05, 0.1) is 0 Å². The average molecular weight is 246 g/mol. The fraction of sp³-hybridized carbons (Fsp3) is 0.625. The summed E-state index contributed by atoms with van der Waals surface area (Å²) in [5, 5.41) is 0. The molecule has 0 atom stereocenters. The number of rotatable bonds is 5. The highest BCUT2D eigenvalue weighted by molar-refractivity contribution is 5.29. The fourth-order valence-electron chi connectivity index (χ4n) is 2.99. The summed E-state index contributed by atoms with van der Waals surface area (Å²) < 4.78 is 0. The van der Waals surface area contributed by atoms with E-state index in [0.717, 1.165) is 19.6 Å². The van der Waals surface area contributed by atoms with E-state index in [2.05, 4.69) is 43.0 Å². The molecule has 0 spiro atoms. The average Bonchev–Trinajstić information content (AvgIpc) is 2.45. The molecule has 1 aliphatic heterocycles.